The van der Waals surface area contributed by atoms with Gasteiger partial charge in [-0.25, -0.2) is 4.98 Å². The first kappa shape index (κ1) is 17.0. The van der Waals surface area contributed by atoms with Gasteiger partial charge in [-0.2, -0.15) is 5.10 Å². The third-order valence-corrected chi connectivity index (χ3v) is 4.47. The average Bonchev–Trinajstić information content (AvgIpc) is 3.11. The van der Waals surface area contributed by atoms with Crippen LogP contribution in [-0.2, 0) is 6.54 Å². The van der Waals surface area contributed by atoms with Gasteiger partial charge in [0.05, 0.1) is 19.0 Å². The van der Waals surface area contributed by atoms with Crippen LogP contribution < -0.4 is 10.1 Å². The molecular formula is C21H21N5O. The Hall–Kier alpha value is -3.41. The number of para-hydroxylation sites is 1. The molecule has 0 unspecified atom stereocenters. The molecule has 0 aliphatic rings. The number of methoxy groups -OCH3 is 1. The van der Waals surface area contributed by atoms with Crippen molar-refractivity contribution in [3.63, 3.8) is 0 Å². The number of fused-ring (bicyclic) bond motifs is 1. The fourth-order valence-electron chi connectivity index (χ4n) is 3.13. The number of nitrogens with one attached hydrogen (secondary N) is 1. The van der Waals surface area contributed by atoms with Gasteiger partial charge in [-0.3, -0.25) is 0 Å². The maximum Gasteiger partial charge on any atom is 0.243 e. The lowest BCUT2D eigenvalue weighted by Gasteiger charge is -2.15. The van der Waals surface area contributed by atoms with Crippen molar-refractivity contribution in [3.05, 3.63) is 67.0 Å². The Kier molecular flexibility index (Phi) is 4.70. The van der Waals surface area contributed by atoms with Gasteiger partial charge >= 0.3 is 0 Å². The van der Waals surface area contributed by atoms with Crippen molar-refractivity contribution < 1.29 is 4.74 Å². The van der Waals surface area contributed by atoms with Gasteiger partial charge in [-0.05, 0) is 48.7 Å². The van der Waals surface area contributed by atoms with Crippen molar-refractivity contribution >= 4 is 16.9 Å². The summed E-state index contributed by atoms with van der Waals surface area (Å²) in [6, 6.07) is 18.4. The first-order valence-corrected chi connectivity index (χ1v) is 8.87. The summed E-state index contributed by atoms with van der Waals surface area (Å²) in [6.07, 6.45) is 3.77. The highest BCUT2D eigenvalue weighted by molar-refractivity contribution is 5.79. The van der Waals surface area contributed by atoms with Gasteiger partial charge in [-0.15, -0.1) is 5.10 Å². The standard InChI is InChI=1S/C21H21N5O/c1-15(14-26-12-11-17-5-3-4-6-20(17)26)23-21-24-19(13-22-25-21)16-7-9-18(27-2)10-8-16/h3-13,15H,14H2,1-2H3,(H,23,24,25)/t15-/m1/s1. The van der Waals surface area contributed by atoms with Crippen molar-refractivity contribution in [1.82, 2.24) is 19.7 Å². The molecule has 0 amide bonds. The molecule has 4 rings (SSSR count). The maximum absolute atomic E-state index is 5.20. The molecule has 0 aliphatic heterocycles. The molecule has 27 heavy (non-hydrogen) atoms. The number of anilines is 1. The number of rotatable bonds is 6. The number of nitrogens with zero attached hydrogens (tertiary/aromatic N) is 4. The molecule has 2 aromatic carbocycles. The van der Waals surface area contributed by atoms with E-state index >= 15 is 0 Å². The lowest BCUT2D eigenvalue weighted by atomic mass is 10.1. The zero-order valence-corrected chi connectivity index (χ0v) is 15.3. The fourth-order valence-corrected chi connectivity index (χ4v) is 3.13. The summed E-state index contributed by atoms with van der Waals surface area (Å²) < 4.78 is 7.43. The van der Waals surface area contributed by atoms with E-state index in [2.05, 4.69) is 68.5 Å². The minimum absolute atomic E-state index is 0.147. The van der Waals surface area contributed by atoms with Crippen LogP contribution in [0.4, 0.5) is 5.95 Å². The Morgan fingerprint density at radius 1 is 1.07 bits per heavy atom. The van der Waals surface area contributed by atoms with Gasteiger partial charge in [-0.1, -0.05) is 18.2 Å². The van der Waals surface area contributed by atoms with Crippen LogP contribution in [0.5, 0.6) is 5.75 Å². The largest absolute Gasteiger partial charge is 0.497 e. The Morgan fingerprint density at radius 3 is 2.70 bits per heavy atom. The summed E-state index contributed by atoms with van der Waals surface area (Å²) in [7, 11) is 1.65. The molecule has 4 aromatic rings. The molecule has 1 N–H and O–H groups in total. The minimum atomic E-state index is 0.147. The molecule has 6 heteroatoms. The van der Waals surface area contributed by atoms with Crippen molar-refractivity contribution in [1.29, 1.82) is 0 Å². The number of hydrogen-bond acceptors (Lipinski definition) is 5. The van der Waals surface area contributed by atoms with E-state index in [-0.39, 0.29) is 6.04 Å². The van der Waals surface area contributed by atoms with Crippen LogP contribution in [0.3, 0.4) is 0 Å². The number of ether oxygens (including phenoxy) is 1. The molecule has 0 saturated carbocycles. The second-order valence-corrected chi connectivity index (χ2v) is 6.47. The summed E-state index contributed by atoms with van der Waals surface area (Å²) in [5.41, 5.74) is 2.96. The molecule has 0 saturated heterocycles. The minimum Gasteiger partial charge on any atom is -0.497 e. The summed E-state index contributed by atoms with van der Waals surface area (Å²) in [6.45, 7) is 2.92. The van der Waals surface area contributed by atoms with Crippen LogP contribution in [0.2, 0.25) is 0 Å². The number of aromatic nitrogens is 4. The molecule has 0 fully saturated rings. The van der Waals surface area contributed by atoms with Crippen LogP contribution in [0.15, 0.2) is 67.0 Å². The summed E-state index contributed by atoms with van der Waals surface area (Å²) in [5.74, 6) is 1.33. The monoisotopic (exact) mass is 359 g/mol. The molecule has 2 heterocycles. The summed E-state index contributed by atoms with van der Waals surface area (Å²) >= 11 is 0. The van der Waals surface area contributed by atoms with E-state index in [4.69, 9.17) is 4.74 Å². The maximum atomic E-state index is 5.20. The number of hydrogen-bond donors (Lipinski definition) is 1. The highest BCUT2D eigenvalue weighted by Gasteiger charge is 2.09. The highest BCUT2D eigenvalue weighted by Crippen LogP contribution is 2.21. The molecule has 0 bridgehead atoms. The smallest absolute Gasteiger partial charge is 0.243 e. The van der Waals surface area contributed by atoms with Crippen LogP contribution in [0, 0.1) is 0 Å². The van der Waals surface area contributed by atoms with Gasteiger partial charge in [0, 0.05) is 29.9 Å². The Bertz CT molecular complexity index is 1040. The summed E-state index contributed by atoms with van der Waals surface area (Å²) in [4.78, 5) is 4.60. The fraction of sp³-hybridized carbons (Fsp3) is 0.190. The molecule has 1 atom stereocenters. The first-order chi connectivity index (χ1) is 13.2. The van der Waals surface area contributed by atoms with Gasteiger partial charge in [0.2, 0.25) is 5.95 Å². The second-order valence-electron chi connectivity index (χ2n) is 6.47. The first-order valence-electron chi connectivity index (χ1n) is 8.87. The third kappa shape index (κ3) is 3.74. The molecular weight excluding hydrogens is 338 g/mol. The topological polar surface area (TPSA) is 64.9 Å². The Labute approximate surface area is 157 Å². The van der Waals surface area contributed by atoms with Crippen molar-refractivity contribution in [2.75, 3.05) is 12.4 Å². The van der Waals surface area contributed by atoms with E-state index < -0.39 is 0 Å². The predicted octanol–water partition coefficient (Wildman–Crippen LogP) is 4.00. The van der Waals surface area contributed by atoms with Crippen molar-refractivity contribution in [3.8, 4) is 17.0 Å². The Balaban J connectivity index is 1.48. The second kappa shape index (κ2) is 7.45. The zero-order chi connectivity index (χ0) is 18.6. The van der Waals surface area contributed by atoms with Gasteiger partial charge in [0.1, 0.15) is 5.75 Å². The number of benzene rings is 2. The predicted molar refractivity (Wildman–Crippen MR) is 107 cm³/mol. The van der Waals surface area contributed by atoms with Gasteiger partial charge in [0.15, 0.2) is 0 Å². The van der Waals surface area contributed by atoms with Gasteiger partial charge < -0.3 is 14.6 Å². The van der Waals surface area contributed by atoms with Crippen LogP contribution in [0.25, 0.3) is 22.2 Å². The van der Waals surface area contributed by atoms with E-state index in [1.807, 2.05) is 24.3 Å². The molecule has 0 aliphatic carbocycles. The SMILES string of the molecule is COc1ccc(-c2cnnc(N[C@H](C)Cn3ccc4ccccc43)n2)cc1. The van der Waals surface area contributed by atoms with Crippen LogP contribution >= 0.6 is 0 Å². The molecule has 0 radical (unpaired) electrons. The van der Waals surface area contributed by atoms with Crippen LogP contribution in [-0.4, -0.2) is 32.9 Å². The van der Waals surface area contributed by atoms with Crippen molar-refractivity contribution in [2.24, 2.45) is 0 Å². The zero-order valence-electron chi connectivity index (χ0n) is 15.3. The lowest BCUT2D eigenvalue weighted by Crippen LogP contribution is -2.23. The quantitative estimate of drug-likeness (QED) is 0.564. The third-order valence-electron chi connectivity index (χ3n) is 4.47. The molecule has 0 spiro atoms. The van der Waals surface area contributed by atoms with Crippen molar-refractivity contribution in [2.45, 2.75) is 19.5 Å². The van der Waals surface area contributed by atoms with E-state index in [9.17, 15) is 0 Å². The normalized spacial score (nSPS) is 12.1. The van der Waals surface area contributed by atoms with E-state index in [0.29, 0.717) is 5.95 Å². The lowest BCUT2D eigenvalue weighted by molar-refractivity contribution is 0.415. The summed E-state index contributed by atoms with van der Waals surface area (Å²) in [5, 5.41) is 12.8. The van der Waals surface area contributed by atoms with E-state index in [0.717, 1.165) is 23.6 Å². The highest BCUT2D eigenvalue weighted by atomic mass is 16.5. The molecule has 136 valence electrons. The van der Waals surface area contributed by atoms with E-state index in [1.54, 1.807) is 13.3 Å². The van der Waals surface area contributed by atoms with E-state index in [1.165, 1.54) is 10.9 Å². The Morgan fingerprint density at radius 2 is 1.89 bits per heavy atom. The molecule has 6 nitrogen and oxygen atoms in total. The van der Waals surface area contributed by atoms with Gasteiger partial charge in [0.25, 0.3) is 0 Å². The average molecular weight is 359 g/mol. The molecule has 2 aromatic heterocycles. The van der Waals surface area contributed by atoms with Crippen LogP contribution in [0.1, 0.15) is 6.92 Å².